The third-order valence-electron chi connectivity index (χ3n) is 2.54. The predicted octanol–water partition coefficient (Wildman–Crippen LogP) is 1.44. The summed E-state index contributed by atoms with van der Waals surface area (Å²) in [4.78, 5) is 24.0. The van der Waals surface area contributed by atoms with Gasteiger partial charge in [0.25, 0.3) is 11.8 Å². The van der Waals surface area contributed by atoms with Crippen molar-refractivity contribution in [3.63, 3.8) is 0 Å². The lowest BCUT2D eigenvalue weighted by molar-refractivity contribution is -0.119. The van der Waals surface area contributed by atoms with E-state index in [9.17, 15) is 14.7 Å². The molecule has 1 aliphatic rings. The van der Waals surface area contributed by atoms with Crippen molar-refractivity contribution < 1.29 is 14.7 Å². The highest BCUT2D eigenvalue weighted by molar-refractivity contribution is 6.28. The molecule has 0 radical (unpaired) electrons. The molecule has 2 rings (SSSR count). The highest BCUT2D eigenvalue weighted by atomic mass is 16.3. The van der Waals surface area contributed by atoms with E-state index in [2.05, 4.69) is 0 Å². The number of anilines is 1. The van der Waals surface area contributed by atoms with Gasteiger partial charge in [-0.15, -0.1) is 0 Å². The molecule has 1 aromatic rings. The van der Waals surface area contributed by atoms with Crippen molar-refractivity contribution in [1.82, 2.24) is 0 Å². The largest absolute Gasteiger partial charge is 0.507 e. The number of phenolic OH excluding ortho intramolecular Hbond substituents is 1. The molecule has 0 aromatic heterocycles. The first-order valence-corrected chi connectivity index (χ1v) is 4.87. The highest BCUT2D eigenvalue weighted by Gasteiger charge is 2.25. The summed E-state index contributed by atoms with van der Waals surface area (Å²) in [5.74, 6) is -0.514. The number of carbonyl (C=O) groups is 2. The molecule has 0 saturated carbocycles. The first-order valence-electron chi connectivity index (χ1n) is 4.87. The Morgan fingerprint density at radius 1 is 1.00 bits per heavy atom. The van der Waals surface area contributed by atoms with Crippen LogP contribution in [0.25, 0.3) is 0 Å². The molecule has 1 N–H and O–H groups in total. The van der Waals surface area contributed by atoms with Crippen LogP contribution in [0.2, 0.25) is 0 Å². The molecule has 1 heterocycles. The smallest absolute Gasteiger partial charge is 0.258 e. The minimum absolute atomic E-state index is 0.191. The molecule has 0 atom stereocenters. The third-order valence-corrected chi connectivity index (χ3v) is 2.54. The highest BCUT2D eigenvalue weighted by Crippen LogP contribution is 2.29. The summed E-state index contributed by atoms with van der Waals surface area (Å²) < 4.78 is 0. The van der Waals surface area contributed by atoms with E-state index in [1.807, 2.05) is 0 Å². The van der Waals surface area contributed by atoms with Crippen LogP contribution in [0.1, 0.15) is 11.1 Å². The van der Waals surface area contributed by atoms with Gasteiger partial charge in [-0.25, -0.2) is 4.90 Å². The molecule has 1 aromatic carbocycles. The number of imide groups is 1. The fourth-order valence-electron chi connectivity index (χ4n) is 1.72. The Labute approximate surface area is 92.8 Å². The lowest BCUT2D eigenvalue weighted by atomic mass is 10.1. The average molecular weight is 217 g/mol. The summed E-state index contributed by atoms with van der Waals surface area (Å²) in [6.45, 7) is 3.45. The summed E-state index contributed by atoms with van der Waals surface area (Å²) in [6.07, 6.45) is 2.47. The normalized spacial score (nSPS) is 15.0. The Kier molecular flexibility index (Phi) is 2.27. The molecular formula is C12H11NO3. The zero-order chi connectivity index (χ0) is 11.9. The van der Waals surface area contributed by atoms with Crippen LogP contribution in [-0.2, 0) is 9.59 Å². The SMILES string of the molecule is Cc1cc(N2C(=O)C=CC2=O)cc(C)c1O. The van der Waals surface area contributed by atoms with Crippen LogP contribution in [0.3, 0.4) is 0 Å². The molecule has 4 nitrogen and oxygen atoms in total. The van der Waals surface area contributed by atoms with E-state index in [-0.39, 0.29) is 17.6 Å². The number of hydrogen-bond donors (Lipinski definition) is 1. The average Bonchev–Trinajstić information content (AvgIpc) is 2.54. The van der Waals surface area contributed by atoms with Crippen molar-refractivity contribution in [2.75, 3.05) is 4.90 Å². The van der Waals surface area contributed by atoms with Gasteiger partial charge >= 0.3 is 0 Å². The summed E-state index contributed by atoms with van der Waals surface area (Å²) in [5, 5.41) is 9.60. The molecule has 1 aliphatic heterocycles. The zero-order valence-electron chi connectivity index (χ0n) is 9.02. The molecule has 2 amide bonds. The maximum Gasteiger partial charge on any atom is 0.258 e. The molecule has 16 heavy (non-hydrogen) atoms. The van der Waals surface area contributed by atoms with Crippen molar-refractivity contribution in [2.24, 2.45) is 0 Å². The Bertz CT molecular complexity index is 476. The quantitative estimate of drug-likeness (QED) is 0.724. The van der Waals surface area contributed by atoms with Gasteiger partial charge < -0.3 is 5.11 Å². The van der Waals surface area contributed by atoms with Crippen molar-refractivity contribution in [3.8, 4) is 5.75 Å². The number of nitrogens with zero attached hydrogens (tertiary/aromatic N) is 1. The van der Waals surface area contributed by atoms with Gasteiger partial charge in [-0.2, -0.15) is 0 Å². The van der Waals surface area contributed by atoms with E-state index in [1.165, 1.54) is 12.2 Å². The molecule has 82 valence electrons. The van der Waals surface area contributed by atoms with Crippen LogP contribution in [0.15, 0.2) is 24.3 Å². The standard InChI is InChI=1S/C12H11NO3/c1-7-5-9(6-8(2)12(7)16)13-10(14)3-4-11(13)15/h3-6,16H,1-2H3. The van der Waals surface area contributed by atoms with Gasteiger partial charge in [-0.05, 0) is 37.1 Å². The maximum absolute atomic E-state index is 11.4. The van der Waals surface area contributed by atoms with E-state index in [1.54, 1.807) is 26.0 Å². The van der Waals surface area contributed by atoms with E-state index in [4.69, 9.17) is 0 Å². The number of aryl methyl sites for hydroxylation is 2. The topological polar surface area (TPSA) is 57.6 Å². The first-order chi connectivity index (χ1) is 7.50. The Hall–Kier alpha value is -2.10. The van der Waals surface area contributed by atoms with Crippen LogP contribution in [0.5, 0.6) is 5.75 Å². The summed E-state index contributed by atoms with van der Waals surface area (Å²) in [6, 6.07) is 3.23. The Morgan fingerprint density at radius 2 is 1.44 bits per heavy atom. The molecule has 4 heteroatoms. The summed E-state index contributed by atoms with van der Waals surface area (Å²) >= 11 is 0. The fourth-order valence-corrected chi connectivity index (χ4v) is 1.72. The van der Waals surface area contributed by atoms with Crippen molar-refractivity contribution >= 4 is 17.5 Å². The predicted molar refractivity (Wildman–Crippen MR) is 59.2 cm³/mol. The number of amides is 2. The van der Waals surface area contributed by atoms with Crippen LogP contribution < -0.4 is 4.90 Å². The molecule has 0 fully saturated rings. The first kappa shape index (κ1) is 10.4. The molecule has 0 aliphatic carbocycles. The number of carbonyl (C=O) groups excluding carboxylic acids is 2. The number of aromatic hydroxyl groups is 1. The molecule has 0 saturated heterocycles. The van der Waals surface area contributed by atoms with Gasteiger partial charge in [0.05, 0.1) is 5.69 Å². The number of benzene rings is 1. The van der Waals surface area contributed by atoms with Gasteiger partial charge in [0.1, 0.15) is 5.75 Å². The van der Waals surface area contributed by atoms with Gasteiger partial charge in [0.2, 0.25) is 0 Å². The monoisotopic (exact) mass is 217 g/mol. The second-order valence-corrected chi connectivity index (χ2v) is 3.77. The summed E-state index contributed by atoms with van der Waals surface area (Å²) in [5.41, 5.74) is 1.78. The third kappa shape index (κ3) is 1.48. The number of phenols is 1. The second kappa shape index (κ2) is 3.48. The van der Waals surface area contributed by atoms with Crippen molar-refractivity contribution in [2.45, 2.75) is 13.8 Å². The van der Waals surface area contributed by atoms with Crippen molar-refractivity contribution in [3.05, 3.63) is 35.4 Å². The Balaban J connectivity index is 2.50. The van der Waals surface area contributed by atoms with Crippen molar-refractivity contribution in [1.29, 1.82) is 0 Å². The van der Waals surface area contributed by atoms with Gasteiger partial charge in [0, 0.05) is 12.2 Å². The van der Waals surface area contributed by atoms with Gasteiger partial charge in [0.15, 0.2) is 0 Å². The number of hydrogen-bond acceptors (Lipinski definition) is 3. The fraction of sp³-hybridized carbons (Fsp3) is 0.167. The van der Waals surface area contributed by atoms with Crippen LogP contribution in [0, 0.1) is 13.8 Å². The van der Waals surface area contributed by atoms with E-state index in [0.29, 0.717) is 16.8 Å². The van der Waals surface area contributed by atoms with Gasteiger partial charge in [-0.3, -0.25) is 9.59 Å². The van der Waals surface area contributed by atoms with E-state index >= 15 is 0 Å². The minimum atomic E-state index is -0.352. The van der Waals surface area contributed by atoms with Crippen LogP contribution >= 0.6 is 0 Å². The molecule has 0 unspecified atom stereocenters. The van der Waals surface area contributed by atoms with Crippen LogP contribution in [0.4, 0.5) is 5.69 Å². The lowest BCUT2D eigenvalue weighted by Gasteiger charge is -2.16. The molecule has 0 spiro atoms. The molecular weight excluding hydrogens is 206 g/mol. The summed E-state index contributed by atoms with van der Waals surface area (Å²) in [7, 11) is 0. The van der Waals surface area contributed by atoms with Gasteiger partial charge in [-0.1, -0.05) is 0 Å². The lowest BCUT2D eigenvalue weighted by Crippen LogP contribution is -2.29. The van der Waals surface area contributed by atoms with Crippen LogP contribution in [-0.4, -0.2) is 16.9 Å². The van der Waals surface area contributed by atoms with E-state index in [0.717, 1.165) is 4.90 Å². The molecule has 0 bridgehead atoms. The maximum atomic E-state index is 11.4. The second-order valence-electron chi connectivity index (χ2n) is 3.77. The van der Waals surface area contributed by atoms with E-state index < -0.39 is 0 Å². The number of rotatable bonds is 1. The Morgan fingerprint density at radius 3 is 1.88 bits per heavy atom. The minimum Gasteiger partial charge on any atom is -0.507 e. The zero-order valence-corrected chi connectivity index (χ0v) is 9.02.